The van der Waals surface area contributed by atoms with Crippen molar-refractivity contribution in [2.24, 2.45) is 5.41 Å². The fraction of sp³-hybridized carbons (Fsp3) is 0.929. The van der Waals surface area contributed by atoms with E-state index in [1.54, 1.807) is 21.3 Å². The van der Waals surface area contributed by atoms with Gasteiger partial charge in [-0.15, -0.1) is 0 Å². The predicted molar refractivity (Wildman–Crippen MR) is 70.8 cm³/mol. The molecule has 110 valence electrons. The molecule has 5 nitrogen and oxygen atoms in total. The van der Waals surface area contributed by atoms with E-state index in [-0.39, 0.29) is 23.7 Å². The molecule has 0 unspecified atom stereocenters. The Kier molecular flexibility index (Phi) is 6.21. The summed E-state index contributed by atoms with van der Waals surface area (Å²) in [6, 6.07) is 2.18. The highest BCUT2D eigenvalue weighted by Crippen LogP contribution is 2.40. The molecule has 1 rings (SSSR count). The van der Waals surface area contributed by atoms with E-state index >= 15 is 0 Å². The molecule has 0 aromatic heterocycles. The Hall–Kier alpha value is -0.670. The summed E-state index contributed by atoms with van der Waals surface area (Å²) in [6.07, 6.45) is 0.771. The average Bonchev–Trinajstić information content (AvgIpc) is 2.39. The third kappa shape index (κ3) is 3.90. The van der Waals surface area contributed by atoms with Crippen LogP contribution in [0.3, 0.4) is 0 Å². The van der Waals surface area contributed by atoms with E-state index in [0.717, 1.165) is 0 Å². The molecule has 0 aromatic carbocycles. The first-order valence-electron chi connectivity index (χ1n) is 6.59. The van der Waals surface area contributed by atoms with Crippen LogP contribution in [0.5, 0.6) is 0 Å². The van der Waals surface area contributed by atoms with Gasteiger partial charge in [-0.3, -0.25) is 0 Å². The Morgan fingerprint density at radius 3 is 2.53 bits per heavy atom. The zero-order valence-corrected chi connectivity index (χ0v) is 12.5. The topological polar surface area (TPSA) is 60.7 Å². The van der Waals surface area contributed by atoms with Gasteiger partial charge in [-0.2, -0.15) is 5.26 Å². The summed E-state index contributed by atoms with van der Waals surface area (Å²) < 4.78 is 22.0. The zero-order chi connectivity index (χ0) is 14.5. The van der Waals surface area contributed by atoms with Crippen molar-refractivity contribution in [2.45, 2.75) is 51.1 Å². The SMILES string of the molecule is COC[C@H](C[C@H]1O[C@H](C#N)C[C@@H](OC)C1(C)C)OC. The molecule has 0 aliphatic carbocycles. The lowest BCUT2D eigenvalue weighted by Gasteiger charge is -2.46. The third-order valence-corrected chi connectivity index (χ3v) is 4.01. The molecule has 4 atom stereocenters. The highest BCUT2D eigenvalue weighted by molar-refractivity contribution is 5.00. The molecule has 0 saturated carbocycles. The highest BCUT2D eigenvalue weighted by atomic mass is 16.5. The van der Waals surface area contributed by atoms with Crippen molar-refractivity contribution >= 4 is 0 Å². The molecule has 1 aliphatic heterocycles. The maximum Gasteiger partial charge on any atom is 0.146 e. The van der Waals surface area contributed by atoms with Crippen LogP contribution in [0.2, 0.25) is 0 Å². The van der Waals surface area contributed by atoms with E-state index < -0.39 is 6.10 Å². The van der Waals surface area contributed by atoms with Gasteiger partial charge in [0.1, 0.15) is 6.10 Å². The molecular formula is C14H25NO4. The van der Waals surface area contributed by atoms with Gasteiger partial charge in [0.05, 0.1) is 31.0 Å². The Morgan fingerprint density at radius 2 is 2.05 bits per heavy atom. The number of nitriles is 1. The Balaban J connectivity index is 2.79. The monoisotopic (exact) mass is 271 g/mol. The van der Waals surface area contributed by atoms with Crippen LogP contribution in [0.25, 0.3) is 0 Å². The van der Waals surface area contributed by atoms with Crippen LogP contribution in [0.15, 0.2) is 0 Å². The van der Waals surface area contributed by atoms with E-state index in [9.17, 15) is 0 Å². The molecule has 0 N–H and O–H groups in total. The minimum Gasteiger partial charge on any atom is -0.382 e. The number of hydrogen-bond donors (Lipinski definition) is 0. The molecule has 0 aromatic rings. The van der Waals surface area contributed by atoms with Gasteiger partial charge in [0.2, 0.25) is 0 Å². The second-order valence-electron chi connectivity index (χ2n) is 5.57. The summed E-state index contributed by atoms with van der Waals surface area (Å²) >= 11 is 0. The number of rotatable bonds is 6. The molecule has 19 heavy (non-hydrogen) atoms. The molecule has 0 radical (unpaired) electrons. The number of hydrogen-bond acceptors (Lipinski definition) is 5. The van der Waals surface area contributed by atoms with Crippen LogP contribution in [0.4, 0.5) is 0 Å². The zero-order valence-electron chi connectivity index (χ0n) is 12.5. The van der Waals surface area contributed by atoms with E-state index in [2.05, 4.69) is 19.9 Å². The Labute approximate surface area is 115 Å². The van der Waals surface area contributed by atoms with Gasteiger partial charge < -0.3 is 18.9 Å². The summed E-state index contributed by atoms with van der Waals surface area (Å²) in [5.41, 5.74) is -0.160. The van der Waals surface area contributed by atoms with Gasteiger partial charge in [0.15, 0.2) is 0 Å². The van der Waals surface area contributed by atoms with Crippen molar-refractivity contribution in [3.63, 3.8) is 0 Å². The van der Waals surface area contributed by atoms with Gasteiger partial charge in [0, 0.05) is 39.6 Å². The smallest absolute Gasteiger partial charge is 0.146 e. The molecule has 0 bridgehead atoms. The van der Waals surface area contributed by atoms with Gasteiger partial charge in [0.25, 0.3) is 0 Å². The number of methoxy groups -OCH3 is 3. The maximum atomic E-state index is 9.10. The molecule has 5 heteroatoms. The van der Waals surface area contributed by atoms with Crippen LogP contribution in [0.1, 0.15) is 26.7 Å². The van der Waals surface area contributed by atoms with Crippen LogP contribution < -0.4 is 0 Å². The van der Waals surface area contributed by atoms with E-state index in [1.165, 1.54) is 0 Å². The van der Waals surface area contributed by atoms with Crippen molar-refractivity contribution in [1.29, 1.82) is 5.26 Å². The largest absolute Gasteiger partial charge is 0.382 e. The molecule has 1 fully saturated rings. The van der Waals surface area contributed by atoms with Gasteiger partial charge in [-0.25, -0.2) is 0 Å². The fourth-order valence-corrected chi connectivity index (χ4v) is 2.63. The lowest BCUT2D eigenvalue weighted by atomic mass is 9.74. The van der Waals surface area contributed by atoms with E-state index in [4.69, 9.17) is 24.2 Å². The normalized spacial score (nSPS) is 31.7. The number of ether oxygens (including phenoxy) is 4. The van der Waals surface area contributed by atoms with Gasteiger partial charge >= 0.3 is 0 Å². The lowest BCUT2D eigenvalue weighted by Crippen LogP contribution is -2.52. The van der Waals surface area contributed by atoms with Crippen molar-refractivity contribution in [2.75, 3.05) is 27.9 Å². The quantitative estimate of drug-likeness (QED) is 0.736. The van der Waals surface area contributed by atoms with Crippen LogP contribution in [-0.4, -0.2) is 52.4 Å². The van der Waals surface area contributed by atoms with Crippen molar-refractivity contribution in [3.8, 4) is 6.07 Å². The standard InChI is InChI=1S/C14H25NO4/c1-14(2)12(18-5)6-10(8-15)19-13(14)7-11(17-4)9-16-3/h10-13H,6-7,9H2,1-5H3/t10-,11-,12+,13+/m0/s1. The van der Waals surface area contributed by atoms with Crippen molar-refractivity contribution in [1.82, 2.24) is 0 Å². The minimum atomic E-state index is -0.414. The summed E-state index contributed by atoms with van der Waals surface area (Å²) in [5, 5.41) is 9.10. The molecular weight excluding hydrogens is 246 g/mol. The second kappa shape index (κ2) is 7.20. The van der Waals surface area contributed by atoms with E-state index in [1.807, 2.05) is 0 Å². The lowest BCUT2D eigenvalue weighted by molar-refractivity contribution is -0.180. The highest BCUT2D eigenvalue weighted by Gasteiger charge is 2.46. The average molecular weight is 271 g/mol. The second-order valence-corrected chi connectivity index (χ2v) is 5.57. The predicted octanol–water partition coefficient (Wildman–Crippen LogP) is 1.76. The molecule has 1 aliphatic rings. The number of nitrogens with zero attached hydrogens (tertiary/aromatic N) is 1. The summed E-state index contributed by atoms with van der Waals surface area (Å²) in [5.74, 6) is 0. The summed E-state index contributed by atoms with van der Waals surface area (Å²) in [4.78, 5) is 0. The molecule has 1 heterocycles. The van der Waals surface area contributed by atoms with Crippen LogP contribution in [-0.2, 0) is 18.9 Å². The van der Waals surface area contributed by atoms with Crippen molar-refractivity contribution in [3.05, 3.63) is 0 Å². The summed E-state index contributed by atoms with van der Waals surface area (Å²) in [7, 11) is 5.00. The first kappa shape index (κ1) is 16.4. The minimum absolute atomic E-state index is 0.0101. The Bertz CT molecular complexity index is 313. The van der Waals surface area contributed by atoms with E-state index in [0.29, 0.717) is 19.4 Å². The maximum absolute atomic E-state index is 9.10. The molecule has 1 saturated heterocycles. The van der Waals surface area contributed by atoms with Crippen LogP contribution >= 0.6 is 0 Å². The summed E-state index contributed by atoms with van der Waals surface area (Å²) in [6.45, 7) is 4.74. The van der Waals surface area contributed by atoms with Crippen molar-refractivity contribution < 1.29 is 18.9 Å². The van der Waals surface area contributed by atoms with Gasteiger partial charge in [-0.1, -0.05) is 13.8 Å². The first-order valence-corrected chi connectivity index (χ1v) is 6.59. The molecule has 0 spiro atoms. The van der Waals surface area contributed by atoms with Gasteiger partial charge in [-0.05, 0) is 0 Å². The first-order chi connectivity index (χ1) is 8.99. The third-order valence-electron chi connectivity index (χ3n) is 4.01. The molecule has 0 amide bonds. The fourth-order valence-electron chi connectivity index (χ4n) is 2.63. The van der Waals surface area contributed by atoms with Crippen LogP contribution in [0, 0.1) is 16.7 Å². The Morgan fingerprint density at radius 1 is 1.37 bits per heavy atom.